The van der Waals surface area contributed by atoms with Gasteiger partial charge in [-0.25, -0.2) is 9.78 Å². The molecule has 0 N–H and O–H groups in total. The number of carbonyl (C=O) groups is 1. The van der Waals surface area contributed by atoms with E-state index in [1.165, 1.54) is 11.6 Å². The lowest BCUT2D eigenvalue weighted by Gasteiger charge is -2.17. The Morgan fingerprint density at radius 1 is 1.00 bits per heavy atom. The van der Waals surface area contributed by atoms with Crippen molar-refractivity contribution in [1.82, 2.24) is 14.1 Å². The number of aryl methyl sites for hydroxylation is 2. The summed E-state index contributed by atoms with van der Waals surface area (Å²) < 4.78 is 2.42. The van der Waals surface area contributed by atoms with Gasteiger partial charge in [-0.05, 0) is 42.2 Å². The second-order valence-electron chi connectivity index (χ2n) is 7.98. The van der Waals surface area contributed by atoms with Crippen molar-refractivity contribution in [3.8, 4) is 11.1 Å². The van der Waals surface area contributed by atoms with E-state index in [0.717, 1.165) is 27.3 Å². The number of alkyl halides is 1. The number of aromatic nitrogens is 3. The number of benzene rings is 2. The summed E-state index contributed by atoms with van der Waals surface area (Å²) in [5.74, 6) is 0.406. The van der Waals surface area contributed by atoms with Crippen LogP contribution in [-0.4, -0.2) is 25.8 Å². The summed E-state index contributed by atoms with van der Waals surface area (Å²) in [6.45, 7) is 1.75. The molecule has 0 saturated heterocycles. The van der Waals surface area contributed by atoms with E-state index in [0.29, 0.717) is 35.5 Å². The van der Waals surface area contributed by atoms with Gasteiger partial charge in [0, 0.05) is 37.5 Å². The number of fused-ring (bicyclic) bond motifs is 2. The van der Waals surface area contributed by atoms with Crippen molar-refractivity contribution in [1.29, 1.82) is 0 Å². The van der Waals surface area contributed by atoms with E-state index in [-0.39, 0.29) is 16.8 Å². The van der Waals surface area contributed by atoms with Crippen molar-refractivity contribution in [3.05, 3.63) is 74.6 Å². The van der Waals surface area contributed by atoms with Crippen LogP contribution >= 0.6 is 11.6 Å². The van der Waals surface area contributed by atoms with E-state index >= 15 is 0 Å². The van der Waals surface area contributed by atoms with Gasteiger partial charge in [-0.3, -0.25) is 18.7 Å². The highest BCUT2D eigenvalue weighted by Crippen LogP contribution is 2.34. The van der Waals surface area contributed by atoms with Gasteiger partial charge in [-0.2, -0.15) is 0 Å². The van der Waals surface area contributed by atoms with Gasteiger partial charge in [0.1, 0.15) is 5.65 Å². The van der Waals surface area contributed by atoms with Gasteiger partial charge in [0.2, 0.25) is 0 Å². The minimum absolute atomic E-state index is 0.0823. The topological polar surface area (TPSA) is 74.0 Å². The van der Waals surface area contributed by atoms with Crippen molar-refractivity contribution in [2.45, 2.75) is 26.2 Å². The zero-order valence-electron chi connectivity index (χ0n) is 18.3. The quantitative estimate of drug-likeness (QED) is 0.249. The number of hydrogen-bond donors (Lipinski definition) is 0. The molecule has 4 rings (SSSR count). The molecule has 0 amide bonds. The number of pyridine rings is 1. The monoisotopic (exact) mass is 449 g/mol. The molecule has 7 heteroatoms. The first-order chi connectivity index (χ1) is 15.3. The van der Waals surface area contributed by atoms with Crippen LogP contribution in [0.4, 0.5) is 0 Å². The van der Waals surface area contributed by atoms with Crippen molar-refractivity contribution in [3.63, 3.8) is 0 Å². The van der Waals surface area contributed by atoms with Crippen molar-refractivity contribution < 1.29 is 4.79 Å². The Balaban J connectivity index is 2.12. The van der Waals surface area contributed by atoms with Crippen LogP contribution < -0.4 is 11.2 Å². The van der Waals surface area contributed by atoms with Crippen LogP contribution in [0, 0.1) is 6.92 Å². The zero-order valence-corrected chi connectivity index (χ0v) is 19.1. The lowest BCUT2D eigenvalue weighted by atomic mass is 9.90. The Morgan fingerprint density at radius 2 is 1.72 bits per heavy atom. The van der Waals surface area contributed by atoms with Crippen LogP contribution in [0.5, 0.6) is 0 Å². The SMILES string of the molecule is Cc1nc2c(c(-c3ccc4ccccc4c3)c1C(=O)CCCCCl)c(=O)n(C)c(=O)n2C. The number of ketones is 1. The fourth-order valence-corrected chi connectivity index (χ4v) is 4.37. The third-order valence-electron chi connectivity index (χ3n) is 5.87. The molecule has 0 aliphatic heterocycles. The molecule has 0 spiro atoms. The summed E-state index contributed by atoms with van der Waals surface area (Å²) in [5, 5.41) is 2.33. The average Bonchev–Trinajstić information content (AvgIpc) is 2.80. The third-order valence-corrected chi connectivity index (χ3v) is 6.14. The van der Waals surface area contributed by atoms with Gasteiger partial charge in [0.05, 0.1) is 11.1 Å². The second-order valence-corrected chi connectivity index (χ2v) is 8.36. The third kappa shape index (κ3) is 3.65. The highest BCUT2D eigenvalue weighted by molar-refractivity contribution is 6.17. The molecule has 0 bridgehead atoms. The van der Waals surface area contributed by atoms with E-state index in [4.69, 9.17) is 11.6 Å². The zero-order chi connectivity index (χ0) is 23.0. The fourth-order valence-electron chi connectivity index (χ4n) is 4.18. The van der Waals surface area contributed by atoms with Gasteiger partial charge in [-0.1, -0.05) is 36.4 Å². The Labute approximate surface area is 190 Å². The van der Waals surface area contributed by atoms with Gasteiger partial charge < -0.3 is 0 Å². The summed E-state index contributed by atoms with van der Waals surface area (Å²) in [6.07, 6.45) is 1.70. The fraction of sp³-hybridized carbons (Fsp3) is 0.280. The Hall–Kier alpha value is -3.25. The normalized spacial score (nSPS) is 11.4. The van der Waals surface area contributed by atoms with Crippen LogP contribution in [0.25, 0.3) is 32.9 Å². The van der Waals surface area contributed by atoms with Gasteiger partial charge in [0.15, 0.2) is 5.78 Å². The number of carbonyl (C=O) groups excluding carboxylic acids is 1. The molecule has 164 valence electrons. The number of Topliss-reactive ketones (excluding diaryl/α,β-unsaturated/α-hetero) is 1. The lowest BCUT2D eigenvalue weighted by Crippen LogP contribution is -2.38. The van der Waals surface area contributed by atoms with E-state index < -0.39 is 11.2 Å². The molecule has 32 heavy (non-hydrogen) atoms. The van der Waals surface area contributed by atoms with E-state index in [1.54, 1.807) is 14.0 Å². The molecule has 0 aliphatic carbocycles. The van der Waals surface area contributed by atoms with E-state index in [9.17, 15) is 14.4 Å². The van der Waals surface area contributed by atoms with Crippen LogP contribution in [0.15, 0.2) is 52.1 Å². The molecular formula is C25H24ClN3O3. The summed E-state index contributed by atoms with van der Waals surface area (Å²) in [6, 6.07) is 13.8. The molecule has 4 aromatic rings. The van der Waals surface area contributed by atoms with Crippen molar-refractivity contribution >= 4 is 39.2 Å². The maximum atomic E-state index is 13.3. The van der Waals surface area contributed by atoms with Gasteiger partial charge in [0.25, 0.3) is 5.56 Å². The molecule has 2 heterocycles. The number of rotatable bonds is 6. The average molecular weight is 450 g/mol. The summed E-state index contributed by atoms with van der Waals surface area (Å²) in [4.78, 5) is 43.7. The largest absolute Gasteiger partial charge is 0.332 e. The molecule has 0 saturated carbocycles. The van der Waals surface area contributed by atoms with E-state index in [2.05, 4.69) is 4.98 Å². The summed E-state index contributed by atoms with van der Waals surface area (Å²) in [5.41, 5.74) is 1.56. The predicted octanol–water partition coefficient (Wildman–Crippen LogP) is 4.35. The molecule has 6 nitrogen and oxygen atoms in total. The minimum Gasteiger partial charge on any atom is -0.294 e. The maximum Gasteiger partial charge on any atom is 0.332 e. The predicted molar refractivity (Wildman–Crippen MR) is 129 cm³/mol. The van der Waals surface area contributed by atoms with Crippen LogP contribution in [0.1, 0.15) is 35.3 Å². The first-order valence-corrected chi connectivity index (χ1v) is 11.1. The second kappa shape index (κ2) is 8.71. The number of nitrogens with zero attached hydrogens (tertiary/aromatic N) is 3. The molecule has 0 aliphatic rings. The summed E-state index contributed by atoms with van der Waals surface area (Å²) >= 11 is 5.79. The maximum absolute atomic E-state index is 13.3. The molecule has 0 atom stereocenters. The highest BCUT2D eigenvalue weighted by Gasteiger charge is 2.24. The van der Waals surface area contributed by atoms with Gasteiger partial charge in [-0.15, -0.1) is 11.6 Å². The number of unbranched alkanes of at least 4 members (excludes halogenated alkanes) is 1. The first kappa shape index (κ1) is 22.0. The smallest absolute Gasteiger partial charge is 0.294 e. The Bertz CT molecular complexity index is 1480. The van der Waals surface area contributed by atoms with Crippen molar-refractivity contribution in [2.24, 2.45) is 14.1 Å². The van der Waals surface area contributed by atoms with E-state index in [1.807, 2.05) is 42.5 Å². The number of hydrogen-bond acceptors (Lipinski definition) is 4. The summed E-state index contributed by atoms with van der Waals surface area (Å²) in [7, 11) is 3.03. The van der Waals surface area contributed by atoms with Crippen LogP contribution in [0.3, 0.4) is 0 Å². The molecule has 2 aromatic heterocycles. The van der Waals surface area contributed by atoms with Crippen LogP contribution in [0.2, 0.25) is 0 Å². The minimum atomic E-state index is -0.464. The highest BCUT2D eigenvalue weighted by atomic mass is 35.5. The standard InChI is InChI=1S/C25H24ClN3O3/c1-15-20(19(30)10-6-7-13-26)21(18-12-11-16-8-4-5-9-17(16)14-18)22-23(27-15)28(2)25(32)29(3)24(22)31/h4-5,8-9,11-12,14H,6-7,10,13H2,1-3H3. The Morgan fingerprint density at radius 3 is 2.44 bits per heavy atom. The molecule has 2 aromatic carbocycles. The van der Waals surface area contributed by atoms with Crippen LogP contribution in [-0.2, 0) is 14.1 Å². The van der Waals surface area contributed by atoms with Gasteiger partial charge >= 0.3 is 5.69 Å². The van der Waals surface area contributed by atoms with Crippen molar-refractivity contribution in [2.75, 3.05) is 5.88 Å². The first-order valence-electron chi connectivity index (χ1n) is 10.5. The lowest BCUT2D eigenvalue weighted by molar-refractivity contribution is 0.0979. The molecular weight excluding hydrogens is 426 g/mol. The number of halogens is 1. The molecule has 0 unspecified atom stereocenters. The molecule has 0 fully saturated rings. The molecule has 0 radical (unpaired) electrons. The Kier molecular flexibility index (Phi) is 5.98.